The molecule has 2 unspecified atom stereocenters. The lowest BCUT2D eigenvalue weighted by atomic mass is 9.86. The third-order valence-corrected chi connectivity index (χ3v) is 5.01. The van der Waals surface area contributed by atoms with Gasteiger partial charge in [0.25, 0.3) is 0 Å². The summed E-state index contributed by atoms with van der Waals surface area (Å²) in [5, 5.41) is 13.5. The fourth-order valence-corrected chi connectivity index (χ4v) is 3.63. The highest BCUT2D eigenvalue weighted by Gasteiger charge is 2.22. The zero-order chi connectivity index (χ0) is 14.5. The predicted molar refractivity (Wildman–Crippen MR) is 87.6 cm³/mol. The van der Waals surface area contributed by atoms with Crippen molar-refractivity contribution in [3.8, 4) is 0 Å². The molecule has 2 fully saturated rings. The van der Waals surface area contributed by atoms with Crippen LogP contribution in [0.1, 0.15) is 44.1 Å². The normalized spacial score (nSPS) is 26.2. The zero-order valence-corrected chi connectivity index (χ0v) is 12.9. The molecule has 0 spiro atoms. The molecule has 21 heavy (non-hydrogen) atoms. The molecule has 0 radical (unpaired) electrons. The van der Waals surface area contributed by atoms with E-state index in [0.717, 1.165) is 19.5 Å². The maximum Gasteiger partial charge on any atom is 0.0580 e. The highest BCUT2D eigenvalue weighted by Crippen LogP contribution is 2.24. The Bertz CT molecular complexity index is 425. The zero-order valence-electron chi connectivity index (χ0n) is 12.9. The van der Waals surface area contributed by atoms with Gasteiger partial charge in [-0.05, 0) is 49.3 Å². The quantitative estimate of drug-likeness (QED) is 0.874. The topological polar surface area (TPSA) is 35.5 Å². The molecule has 1 aliphatic heterocycles. The minimum atomic E-state index is -0.0937. The Kier molecular flexibility index (Phi) is 5.15. The lowest BCUT2D eigenvalue weighted by molar-refractivity contribution is 0.0695. The Balaban J connectivity index is 1.44. The van der Waals surface area contributed by atoms with Crippen LogP contribution in [0.2, 0.25) is 0 Å². The summed E-state index contributed by atoms with van der Waals surface area (Å²) in [7, 11) is 0. The van der Waals surface area contributed by atoms with Gasteiger partial charge in [-0.1, -0.05) is 25.0 Å². The van der Waals surface area contributed by atoms with E-state index >= 15 is 0 Å². The molecule has 1 aromatic rings. The van der Waals surface area contributed by atoms with Crippen molar-refractivity contribution in [2.45, 2.75) is 51.2 Å². The second-order valence-corrected chi connectivity index (χ2v) is 6.60. The number of nitrogens with one attached hydrogen (secondary N) is 1. The first-order valence-corrected chi connectivity index (χ1v) is 8.55. The van der Waals surface area contributed by atoms with Gasteiger partial charge in [-0.2, -0.15) is 0 Å². The summed E-state index contributed by atoms with van der Waals surface area (Å²) in [4.78, 5) is 2.47. The molecule has 0 bridgehead atoms. The van der Waals surface area contributed by atoms with Crippen molar-refractivity contribution < 1.29 is 5.11 Å². The molecule has 3 nitrogen and oxygen atoms in total. The van der Waals surface area contributed by atoms with E-state index in [1.807, 2.05) is 0 Å². The van der Waals surface area contributed by atoms with Crippen LogP contribution in [0.15, 0.2) is 24.3 Å². The van der Waals surface area contributed by atoms with Crippen LogP contribution in [0.3, 0.4) is 0 Å². The van der Waals surface area contributed by atoms with Crippen molar-refractivity contribution >= 4 is 5.69 Å². The Morgan fingerprint density at radius 2 is 1.71 bits per heavy atom. The highest BCUT2D eigenvalue weighted by atomic mass is 16.3. The SMILES string of the molecule is OC1CCCCC1CNCc1ccc(N2CCCC2)cc1. The molecule has 3 rings (SSSR count). The van der Waals surface area contributed by atoms with Crippen LogP contribution < -0.4 is 10.2 Å². The molecule has 1 saturated heterocycles. The molecule has 1 heterocycles. The van der Waals surface area contributed by atoms with Gasteiger partial charge in [0, 0.05) is 31.9 Å². The van der Waals surface area contributed by atoms with Crippen LogP contribution in [0, 0.1) is 5.92 Å². The van der Waals surface area contributed by atoms with Crippen molar-refractivity contribution in [2.75, 3.05) is 24.5 Å². The van der Waals surface area contributed by atoms with E-state index in [2.05, 4.69) is 34.5 Å². The van der Waals surface area contributed by atoms with Crippen molar-refractivity contribution in [3.63, 3.8) is 0 Å². The molecule has 0 amide bonds. The van der Waals surface area contributed by atoms with Gasteiger partial charge in [-0.3, -0.25) is 0 Å². The highest BCUT2D eigenvalue weighted by molar-refractivity contribution is 5.48. The molecule has 2 N–H and O–H groups in total. The second kappa shape index (κ2) is 7.28. The van der Waals surface area contributed by atoms with Crippen LogP contribution >= 0.6 is 0 Å². The van der Waals surface area contributed by atoms with E-state index in [9.17, 15) is 5.11 Å². The van der Waals surface area contributed by atoms with Crippen molar-refractivity contribution in [3.05, 3.63) is 29.8 Å². The monoisotopic (exact) mass is 288 g/mol. The predicted octanol–water partition coefficient (Wildman–Crippen LogP) is 2.93. The van der Waals surface area contributed by atoms with E-state index < -0.39 is 0 Å². The fraction of sp³-hybridized carbons (Fsp3) is 0.667. The number of hydrogen-bond donors (Lipinski definition) is 2. The minimum Gasteiger partial charge on any atom is -0.393 e. The first-order valence-electron chi connectivity index (χ1n) is 8.55. The maximum atomic E-state index is 9.98. The molecule has 3 heteroatoms. The molecule has 1 aromatic carbocycles. The largest absolute Gasteiger partial charge is 0.393 e. The lowest BCUT2D eigenvalue weighted by Crippen LogP contribution is -2.33. The molecule has 2 aliphatic rings. The summed E-state index contributed by atoms with van der Waals surface area (Å²) in [5.41, 5.74) is 2.70. The van der Waals surface area contributed by atoms with Crippen LogP contribution in [0.25, 0.3) is 0 Å². The number of anilines is 1. The summed E-state index contributed by atoms with van der Waals surface area (Å²) in [6.45, 7) is 4.26. The van der Waals surface area contributed by atoms with Gasteiger partial charge in [0.2, 0.25) is 0 Å². The number of nitrogens with zero attached hydrogens (tertiary/aromatic N) is 1. The third-order valence-electron chi connectivity index (χ3n) is 5.01. The Morgan fingerprint density at radius 3 is 2.43 bits per heavy atom. The molecule has 1 aliphatic carbocycles. The molecule has 116 valence electrons. The van der Waals surface area contributed by atoms with Gasteiger partial charge in [0.1, 0.15) is 0 Å². The lowest BCUT2D eigenvalue weighted by Gasteiger charge is -2.27. The van der Waals surface area contributed by atoms with Gasteiger partial charge in [0.05, 0.1) is 6.10 Å². The van der Waals surface area contributed by atoms with Gasteiger partial charge in [-0.15, -0.1) is 0 Å². The van der Waals surface area contributed by atoms with E-state index in [4.69, 9.17) is 0 Å². The van der Waals surface area contributed by atoms with E-state index in [0.29, 0.717) is 5.92 Å². The third kappa shape index (κ3) is 3.98. The van der Waals surface area contributed by atoms with Crippen LogP contribution in [-0.4, -0.2) is 30.8 Å². The van der Waals surface area contributed by atoms with Crippen LogP contribution in [0.5, 0.6) is 0 Å². The number of hydrogen-bond acceptors (Lipinski definition) is 3. The number of aliphatic hydroxyl groups is 1. The van der Waals surface area contributed by atoms with Crippen molar-refractivity contribution in [1.29, 1.82) is 0 Å². The number of aliphatic hydroxyl groups excluding tert-OH is 1. The Labute approximate surface area is 128 Å². The molecular formula is C18H28N2O. The summed E-state index contributed by atoms with van der Waals surface area (Å²) in [5.74, 6) is 0.447. The number of benzene rings is 1. The standard InChI is InChI=1S/C18H28N2O/c21-18-6-2-1-5-16(18)14-19-13-15-7-9-17(10-8-15)20-11-3-4-12-20/h7-10,16,18-19,21H,1-6,11-14H2. The van der Waals surface area contributed by atoms with Gasteiger partial charge in [-0.25, -0.2) is 0 Å². The van der Waals surface area contributed by atoms with Crippen LogP contribution in [0.4, 0.5) is 5.69 Å². The van der Waals surface area contributed by atoms with Crippen molar-refractivity contribution in [2.24, 2.45) is 5.92 Å². The number of rotatable bonds is 5. The summed E-state index contributed by atoms with van der Waals surface area (Å²) < 4.78 is 0. The van der Waals surface area contributed by atoms with Crippen LogP contribution in [-0.2, 0) is 6.54 Å². The van der Waals surface area contributed by atoms with Crippen molar-refractivity contribution in [1.82, 2.24) is 5.32 Å². The molecular weight excluding hydrogens is 260 g/mol. The molecule has 2 atom stereocenters. The summed E-state index contributed by atoms with van der Waals surface area (Å²) >= 11 is 0. The summed E-state index contributed by atoms with van der Waals surface area (Å²) in [6.07, 6.45) is 7.17. The Hall–Kier alpha value is -1.06. The van der Waals surface area contributed by atoms with E-state index in [1.54, 1.807) is 0 Å². The first kappa shape index (κ1) is 14.9. The van der Waals surface area contributed by atoms with E-state index in [1.165, 1.54) is 56.4 Å². The van der Waals surface area contributed by atoms with Gasteiger partial charge in [0.15, 0.2) is 0 Å². The Morgan fingerprint density at radius 1 is 1.00 bits per heavy atom. The molecule has 1 saturated carbocycles. The molecule has 0 aromatic heterocycles. The van der Waals surface area contributed by atoms with E-state index in [-0.39, 0.29) is 6.10 Å². The van der Waals surface area contributed by atoms with Gasteiger partial charge >= 0.3 is 0 Å². The smallest absolute Gasteiger partial charge is 0.0580 e. The van der Waals surface area contributed by atoms with Gasteiger partial charge < -0.3 is 15.3 Å². The maximum absolute atomic E-state index is 9.98. The average Bonchev–Trinajstić information content (AvgIpc) is 3.04. The fourth-order valence-electron chi connectivity index (χ4n) is 3.63. The second-order valence-electron chi connectivity index (χ2n) is 6.60. The summed E-state index contributed by atoms with van der Waals surface area (Å²) in [6, 6.07) is 8.96. The first-order chi connectivity index (χ1) is 10.3. The average molecular weight is 288 g/mol. The minimum absolute atomic E-state index is 0.0937.